The molecule has 0 aliphatic carbocycles. The summed E-state index contributed by atoms with van der Waals surface area (Å²) in [5.74, 6) is -0.0256. The molecular weight excluding hydrogens is 416 g/mol. The molecule has 0 atom stereocenters. The number of para-hydroxylation sites is 2. The predicted octanol–water partition coefficient (Wildman–Crippen LogP) is 4.61. The van der Waals surface area contributed by atoms with E-state index in [4.69, 9.17) is 4.74 Å². The van der Waals surface area contributed by atoms with E-state index < -0.39 is 6.61 Å². The third kappa shape index (κ3) is 4.69. The molecule has 0 radical (unpaired) electrons. The van der Waals surface area contributed by atoms with Gasteiger partial charge in [-0.25, -0.2) is 4.98 Å². The van der Waals surface area contributed by atoms with Crippen LogP contribution in [0.5, 0.6) is 11.5 Å². The van der Waals surface area contributed by atoms with Crippen LogP contribution in [0.15, 0.2) is 73.1 Å². The fourth-order valence-electron chi connectivity index (χ4n) is 3.43. The maximum atomic E-state index is 12.6. The Labute approximate surface area is 183 Å². The number of amides is 1. The van der Waals surface area contributed by atoms with E-state index in [9.17, 15) is 13.6 Å². The first kappa shape index (κ1) is 21.3. The van der Waals surface area contributed by atoms with Gasteiger partial charge in [0.25, 0.3) is 5.91 Å². The Balaban J connectivity index is 1.37. The third-order valence-corrected chi connectivity index (χ3v) is 5.00. The van der Waals surface area contributed by atoms with E-state index in [1.165, 1.54) is 13.2 Å². The summed E-state index contributed by atoms with van der Waals surface area (Å²) >= 11 is 0. The lowest BCUT2D eigenvalue weighted by atomic mass is 10.1. The molecule has 164 valence electrons. The van der Waals surface area contributed by atoms with Gasteiger partial charge in [0.05, 0.1) is 18.1 Å². The molecule has 4 rings (SSSR count). The van der Waals surface area contributed by atoms with Crippen molar-refractivity contribution >= 4 is 16.9 Å². The Morgan fingerprint density at radius 2 is 1.84 bits per heavy atom. The zero-order chi connectivity index (χ0) is 22.5. The second-order valence-corrected chi connectivity index (χ2v) is 7.02. The van der Waals surface area contributed by atoms with Gasteiger partial charge in [-0.1, -0.05) is 18.2 Å². The normalized spacial score (nSPS) is 11.0. The van der Waals surface area contributed by atoms with Crippen molar-refractivity contribution in [2.24, 2.45) is 0 Å². The Kier molecular flexibility index (Phi) is 6.30. The van der Waals surface area contributed by atoms with Crippen molar-refractivity contribution in [3.8, 4) is 17.2 Å². The molecule has 1 N–H and O–H groups in total. The lowest BCUT2D eigenvalue weighted by molar-refractivity contribution is -0.0512. The van der Waals surface area contributed by atoms with Gasteiger partial charge >= 0.3 is 6.61 Å². The third-order valence-electron chi connectivity index (χ3n) is 5.00. The largest absolute Gasteiger partial charge is 0.493 e. The number of benzene rings is 3. The number of alkyl halides is 2. The summed E-state index contributed by atoms with van der Waals surface area (Å²) in [5, 5.41) is 2.84. The maximum absolute atomic E-state index is 12.6. The molecule has 0 fully saturated rings. The average Bonchev–Trinajstić information content (AvgIpc) is 3.23. The zero-order valence-electron chi connectivity index (χ0n) is 17.3. The minimum Gasteiger partial charge on any atom is -0.493 e. The number of nitrogens with zero attached hydrogens (tertiary/aromatic N) is 2. The van der Waals surface area contributed by atoms with Gasteiger partial charge in [-0.3, -0.25) is 9.36 Å². The van der Waals surface area contributed by atoms with Crippen LogP contribution in [0.1, 0.15) is 15.9 Å². The number of hydrogen-bond donors (Lipinski definition) is 1. The van der Waals surface area contributed by atoms with Gasteiger partial charge in [0.15, 0.2) is 11.5 Å². The number of rotatable bonds is 8. The number of nitrogens with one attached hydrogen (secondary N) is 1. The Morgan fingerprint density at radius 3 is 2.59 bits per heavy atom. The second-order valence-electron chi connectivity index (χ2n) is 7.02. The van der Waals surface area contributed by atoms with E-state index in [1.54, 1.807) is 30.6 Å². The van der Waals surface area contributed by atoms with E-state index in [2.05, 4.69) is 15.0 Å². The van der Waals surface area contributed by atoms with E-state index in [1.807, 2.05) is 41.0 Å². The van der Waals surface area contributed by atoms with Crippen LogP contribution in [-0.4, -0.2) is 35.7 Å². The van der Waals surface area contributed by atoms with Crippen molar-refractivity contribution < 1.29 is 23.0 Å². The SMILES string of the molecule is COc1ccc(CCNC(=O)c2ccc(-n3cnc4ccccc43)cc2)cc1OC(F)F. The number of carbonyl (C=O) groups is 1. The van der Waals surface area contributed by atoms with Crippen molar-refractivity contribution in [3.05, 3.63) is 84.2 Å². The Hall–Kier alpha value is -3.94. The number of fused-ring (bicyclic) bond motifs is 1. The predicted molar refractivity (Wildman–Crippen MR) is 117 cm³/mol. The van der Waals surface area contributed by atoms with Gasteiger partial charge < -0.3 is 14.8 Å². The number of ether oxygens (including phenoxy) is 2. The van der Waals surface area contributed by atoms with Crippen molar-refractivity contribution in [2.75, 3.05) is 13.7 Å². The van der Waals surface area contributed by atoms with Crippen LogP contribution < -0.4 is 14.8 Å². The summed E-state index contributed by atoms with van der Waals surface area (Å²) in [4.78, 5) is 16.9. The van der Waals surface area contributed by atoms with Gasteiger partial charge in [0.2, 0.25) is 0 Å². The number of halogens is 2. The lowest BCUT2D eigenvalue weighted by Gasteiger charge is -2.12. The van der Waals surface area contributed by atoms with Gasteiger partial charge in [-0.2, -0.15) is 8.78 Å². The fourth-order valence-corrected chi connectivity index (χ4v) is 3.43. The summed E-state index contributed by atoms with van der Waals surface area (Å²) in [6.07, 6.45) is 2.20. The first-order chi connectivity index (χ1) is 15.5. The van der Waals surface area contributed by atoms with Gasteiger partial charge in [0, 0.05) is 17.8 Å². The molecule has 1 heterocycles. The lowest BCUT2D eigenvalue weighted by Crippen LogP contribution is -2.25. The van der Waals surface area contributed by atoms with E-state index in [-0.39, 0.29) is 17.4 Å². The highest BCUT2D eigenvalue weighted by molar-refractivity contribution is 5.94. The van der Waals surface area contributed by atoms with Gasteiger partial charge in [-0.05, 0) is 60.5 Å². The Bertz CT molecular complexity index is 1220. The maximum Gasteiger partial charge on any atom is 0.387 e. The van der Waals surface area contributed by atoms with Crippen LogP contribution in [0.25, 0.3) is 16.7 Å². The summed E-state index contributed by atoms with van der Waals surface area (Å²) in [7, 11) is 1.38. The quantitative estimate of drug-likeness (QED) is 0.437. The highest BCUT2D eigenvalue weighted by atomic mass is 19.3. The summed E-state index contributed by atoms with van der Waals surface area (Å²) in [5.41, 5.74) is 4.05. The number of aromatic nitrogens is 2. The van der Waals surface area contributed by atoms with E-state index in [0.717, 1.165) is 22.3 Å². The summed E-state index contributed by atoms with van der Waals surface area (Å²) in [6.45, 7) is -2.60. The first-order valence-electron chi connectivity index (χ1n) is 9.97. The smallest absolute Gasteiger partial charge is 0.387 e. The van der Waals surface area contributed by atoms with Crippen molar-refractivity contribution in [2.45, 2.75) is 13.0 Å². The number of methoxy groups -OCH3 is 1. The first-order valence-corrected chi connectivity index (χ1v) is 9.97. The van der Waals surface area contributed by atoms with Gasteiger partial charge in [-0.15, -0.1) is 0 Å². The van der Waals surface area contributed by atoms with Crippen LogP contribution in [0.4, 0.5) is 8.78 Å². The molecule has 0 saturated heterocycles. The standard InChI is InChI=1S/C24H21F2N3O3/c1-31-21-11-6-16(14-22(21)32-24(25)26)12-13-27-23(30)17-7-9-18(10-8-17)29-15-28-19-4-2-3-5-20(19)29/h2-11,14-15,24H,12-13H2,1H3,(H,27,30). The van der Waals surface area contributed by atoms with Crippen LogP contribution >= 0.6 is 0 Å². The van der Waals surface area contributed by atoms with Crippen LogP contribution in [0, 0.1) is 0 Å². The highest BCUT2D eigenvalue weighted by Gasteiger charge is 2.12. The van der Waals surface area contributed by atoms with Crippen LogP contribution in [0.3, 0.4) is 0 Å². The number of imidazole rings is 1. The molecule has 0 aliphatic heterocycles. The molecule has 0 aliphatic rings. The molecule has 1 amide bonds. The molecule has 8 heteroatoms. The molecule has 3 aromatic carbocycles. The molecule has 0 spiro atoms. The highest BCUT2D eigenvalue weighted by Crippen LogP contribution is 2.29. The van der Waals surface area contributed by atoms with Crippen molar-refractivity contribution in [1.29, 1.82) is 0 Å². The van der Waals surface area contributed by atoms with Gasteiger partial charge in [0.1, 0.15) is 6.33 Å². The molecule has 1 aromatic heterocycles. The monoisotopic (exact) mass is 437 g/mol. The minimum absolute atomic E-state index is 0.0334. The molecule has 0 unspecified atom stereocenters. The zero-order valence-corrected chi connectivity index (χ0v) is 17.3. The average molecular weight is 437 g/mol. The fraction of sp³-hybridized carbons (Fsp3) is 0.167. The minimum atomic E-state index is -2.94. The van der Waals surface area contributed by atoms with E-state index in [0.29, 0.717) is 18.5 Å². The molecule has 6 nitrogen and oxygen atoms in total. The Morgan fingerprint density at radius 1 is 1.06 bits per heavy atom. The summed E-state index contributed by atoms with van der Waals surface area (Å²) in [6, 6.07) is 19.8. The van der Waals surface area contributed by atoms with Crippen molar-refractivity contribution in [1.82, 2.24) is 14.9 Å². The van der Waals surface area contributed by atoms with Crippen LogP contribution in [-0.2, 0) is 6.42 Å². The molecular formula is C24H21F2N3O3. The van der Waals surface area contributed by atoms with Crippen LogP contribution in [0.2, 0.25) is 0 Å². The molecule has 0 bridgehead atoms. The second kappa shape index (κ2) is 9.47. The topological polar surface area (TPSA) is 65.4 Å². The molecule has 0 saturated carbocycles. The van der Waals surface area contributed by atoms with Crippen molar-refractivity contribution in [3.63, 3.8) is 0 Å². The molecule has 4 aromatic rings. The number of hydrogen-bond acceptors (Lipinski definition) is 4. The van der Waals surface area contributed by atoms with E-state index >= 15 is 0 Å². The summed E-state index contributed by atoms with van der Waals surface area (Å²) < 4.78 is 36.6. The number of carbonyl (C=O) groups excluding carboxylic acids is 1. The molecule has 32 heavy (non-hydrogen) atoms.